The standard InChI is InChI=1S/C20H30N4.C5H12.C4H7NO/c1-6-16(3)17(4)21-20(7-2)22-18-8-10-19(11-9-18)24-14-12-23(5)13-15-24;1-3-5-4-2;1-2-3-5-4-6/h6-11,22H,12-15H2,1-5H3;3-5H2,1-2H3;2,4H,1,3H2,(H,5,6)/b16-6-,20-7?,21-17-;;. The number of nitrogens with one attached hydrogen (secondary N) is 2. The minimum Gasteiger partial charge on any atom is -0.369 e. The average molecular weight is 484 g/mol. The number of likely N-dealkylation sites (N-methyl/N-ethyl adjacent to an activating group) is 1. The predicted molar refractivity (Wildman–Crippen MR) is 156 cm³/mol. The summed E-state index contributed by atoms with van der Waals surface area (Å²) in [5, 5.41) is 5.79. The number of hydrogen-bond acceptors (Lipinski definition) is 5. The van der Waals surface area contributed by atoms with Crippen molar-refractivity contribution in [3.05, 3.63) is 60.5 Å². The van der Waals surface area contributed by atoms with Crippen molar-refractivity contribution in [1.29, 1.82) is 0 Å². The van der Waals surface area contributed by atoms with Gasteiger partial charge in [0.25, 0.3) is 0 Å². The SMILES string of the molecule is C=CCNC=O.CC=C(/N=C(C)\C(C)=C/C)Nc1ccc(N2CCN(C)CC2)cc1.CCCCC. The zero-order valence-electron chi connectivity index (χ0n) is 23.2. The molecule has 0 unspecified atom stereocenters. The van der Waals surface area contributed by atoms with Crippen LogP contribution in [-0.2, 0) is 4.79 Å². The summed E-state index contributed by atoms with van der Waals surface area (Å²) in [4.78, 5) is 18.9. The van der Waals surface area contributed by atoms with E-state index < -0.39 is 0 Å². The number of nitrogens with zero attached hydrogens (tertiary/aromatic N) is 3. The quantitative estimate of drug-likeness (QED) is 0.179. The zero-order valence-corrected chi connectivity index (χ0v) is 23.2. The molecule has 1 fully saturated rings. The first-order valence-corrected chi connectivity index (χ1v) is 12.8. The first-order valence-electron chi connectivity index (χ1n) is 12.8. The fraction of sp³-hybridized carbons (Fsp3) is 0.517. The van der Waals surface area contributed by atoms with E-state index in [1.54, 1.807) is 6.08 Å². The minimum atomic E-state index is 0.559. The van der Waals surface area contributed by atoms with Crippen LogP contribution in [0.2, 0.25) is 0 Å². The van der Waals surface area contributed by atoms with E-state index in [1.165, 1.54) is 30.5 Å². The lowest BCUT2D eigenvalue weighted by Crippen LogP contribution is -2.44. The smallest absolute Gasteiger partial charge is 0.207 e. The van der Waals surface area contributed by atoms with Crippen molar-refractivity contribution >= 4 is 23.5 Å². The highest BCUT2D eigenvalue weighted by Gasteiger charge is 2.13. The summed E-state index contributed by atoms with van der Waals surface area (Å²) in [6.07, 6.45) is 10.4. The van der Waals surface area contributed by atoms with Gasteiger partial charge in [-0.3, -0.25) is 4.79 Å². The van der Waals surface area contributed by atoms with Crippen LogP contribution in [0.1, 0.15) is 60.8 Å². The van der Waals surface area contributed by atoms with Crippen LogP contribution in [0.25, 0.3) is 0 Å². The topological polar surface area (TPSA) is 60.0 Å². The molecule has 1 aliphatic heterocycles. The van der Waals surface area contributed by atoms with Crippen LogP contribution in [0, 0.1) is 0 Å². The average Bonchev–Trinajstić information content (AvgIpc) is 2.88. The van der Waals surface area contributed by atoms with Crippen LogP contribution in [0.3, 0.4) is 0 Å². The van der Waals surface area contributed by atoms with Gasteiger partial charge in [0, 0.05) is 49.8 Å². The summed E-state index contributed by atoms with van der Waals surface area (Å²) in [5.74, 6) is 0.876. The van der Waals surface area contributed by atoms with Crippen molar-refractivity contribution in [2.24, 2.45) is 4.99 Å². The summed E-state index contributed by atoms with van der Waals surface area (Å²) in [5.41, 5.74) is 4.59. The Bertz CT molecular complexity index is 778. The lowest BCUT2D eigenvalue weighted by atomic mass is 10.2. The van der Waals surface area contributed by atoms with Crippen molar-refractivity contribution in [3.63, 3.8) is 0 Å². The van der Waals surface area contributed by atoms with Crippen molar-refractivity contribution in [2.75, 3.05) is 50.0 Å². The van der Waals surface area contributed by atoms with E-state index in [0.29, 0.717) is 13.0 Å². The zero-order chi connectivity index (χ0) is 26.5. The molecule has 6 nitrogen and oxygen atoms in total. The number of aliphatic imine (C=N–C) groups is 1. The maximum absolute atomic E-state index is 9.40. The van der Waals surface area contributed by atoms with Gasteiger partial charge in [0.2, 0.25) is 6.41 Å². The molecule has 1 aromatic rings. The van der Waals surface area contributed by atoms with Gasteiger partial charge in [0.15, 0.2) is 0 Å². The van der Waals surface area contributed by atoms with Crippen LogP contribution in [0.15, 0.2) is 65.5 Å². The number of anilines is 2. The number of carbonyl (C=O) groups excluding carboxylic acids is 1. The molecule has 0 radical (unpaired) electrons. The molecule has 35 heavy (non-hydrogen) atoms. The maximum atomic E-state index is 9.40. The molecule has 0 aromatic heterocycles. The third kappa shape index (κ3) is 14.9. The summed E-state index contributed by atoms with van der Waals surface area (Å²) in [7, 11) is 2.18. The molecule has 0 bridgehead atoms. The molecule has 2 N–H and O–H groups in total. The molecule has 1 aromatic carbocycles. The Labute approximate surface area is 214 Å². The number of piperazine rings is 1. The van der Waals surface area contributed by atoms with E-state index in [4.69, 9.17) is 0 Å². The third-order valence-electron chi connectivity index (χ3n) is 5.63. The monoisotopic (exact) mass is 483 g/mol. The second-order valence-corrected chi connectivity index (χ2v) is 8.47. The van der Waals surface area contributed by atoms with Crippen LogP contribution in [-0.4, -0.2) is 56.8 Å². The van der Waals surface area contributed by atoms with Gasteiger partial charge in [-0.05, 0) is 70.7 Å². The number of benzene rings is 1. The molecule has 1 amide bonds. The summed E-state index contributed by atoms with van der Waals surface area (Å²) < 4.78 is 0. The fourth-order valence-electron chi connectivity index (χ4n) is 3.10. The molecule has 0 saturated carbocycles. The van der Waals surface area contributed by atoms with E-state index in [9.17, 15) is 4.79 Å². The lowest BCUT2D eigenvalue weighted by Gasteiger charge is -2.34. The van der Waals surface area contributed by atoms with Crippen molar-refractivity contribution in [2.45, 2.75) is 60.8 Å². The summed E-state index contributed by atoms with van der Waals surface area (Å²) >= 11 is 0. The van der Waals surface area contributed by atoms with Crippen LogP contribution in [0.5, 0.6) is 0 Å². The summed E-state index contributed by atoms with van der Waals surface area (Å²) in [6.45, 7) is 21.0. The number of allylic oxidation sites excluding steroid dienone is 3. The first kappa shape index (κ1) is 32.1. The molecular weight excluding hydrogens is 434 g/mol. The molecule has 1 saturated heterocycles. The first-order chi connectivity index (χ1) is 16.9. The normalized spacial score (nSPS) is 14.7. The van der Waals surface area contributed by atoms with Crippen LogP contribution < -0.4 is 15.5 Å². The number of hydrogen-bond donors (Lipinski definition) is 2. The Balaban J connectivity index is 0.000000877. The Kier molecular flexibility index (Phi) is 18.8. The van der Waals surface area contributed by atoms with Crippen molar-refractivity contribution in [1.82, 2.24) is 10.2 Å². The number of amides is 1. The molecule has 0 spiro atoms. The minimum absolute atomic E-state index is 0.559. The molecule has 0 atom stereocenters. The van der Waals surface area contributed by atoms with E-state index in [2.05, 4.69) is 90.2 Å². The second kappa shape index (κ2) is 20.5. The van der Waals surface area contributed by atoms with Gasteiger partial charge in [-0.15, -0.1) is 6.58 Å². The highest BCUT2D eigenvalue weighted by molar-refractivity contribution is 5.98. The van der Waals surface area contributed by atoms with Gasteiger partial charge in [0.1, 0.15) is 5.82 Å². The van der Waals surface area contributed by atoms with Gasteiger partial charge < -0.3 is 20.4 Å². The molecule has 196 valence electrons. The number of carbonyl (C=O) groups is 1. The van der Waals surface area contributed by atoms with Gasteiger partial charge in [0.05, 0.1) is 0 Å². The second-order valence-electron chi connectivity index (χ2n) is 8.47. The number of unbranched alkanes of at least 4 members (excludes halogenated alkanes) is 2. The Morgan fingerprint density at radius 2 is 1.63 bits per heavy atom. The van der Waals surface area contributed by atoms with E-state index in [1.807, 2.05) is 26.8 Å². The molecular formula is C29H49N5O. The Morgan fingerprint density at radius 3 is 2.03 bits per heavy atom. The molecule has 6 heteroatoms. The molecule has 1 heterocycles. The molecule has 2 rings (SSSR count). The van der Waals surface area contributed by atoms with Crippen molar-refractivity contribution < 1.29 is 4.79 Å². The lowest BCUT2D eigenvalue weighted by molar-refractivity contribution is -0.109. The van der Waals surface area contributed by atoms with Gasteiger partial charge in [-0.1, -0.05) is 45.3 Å². The van der Waals surface area contributed by atoms with Gasteiger partial charge in [-0.25, -0.2) is 4.99 Å². The van der Waals surface area contributed by atoms with Gasteiger partial charge in [-0.2, -0.15) is 0 Å². The van der Waals surface area contributed by atoms with Crippen molar-refractivity contribution in [3.8, 4) is 0 Å². The van der Waals surface area contributed by atoms with Gasteiger partial charge >= 0.3 is 0 Å². The van der Waals surface area contributed by atoms with E-state index in [-0.39, 0.29) is 0 Å². The fourth-order valence-corrected chi connectivity index (χ4v) is 3.10. The van der Waals surface area contributed by atoms with Crippen LogP contribution in [0.4, 0.5) is 11.4 Å². The van der Waals surface area contributed by atoms with E-state index in [0.717, 1.165) is 43.4 Å². The molecule has 1 aliphatic rings. The van der Waals surface area contributed by atoms with Crippen LogP contribution >= 0.6 is 0 Å². The highest BCUT2D eigenvalue weighted by Crippen LogP contribution is 2.20. The predicted octanol–water partition coefficient (Wildman–Crippen LogP) is 6.25. The Hall–Kier alpha value is -2.86. The summed E-state index contributed by atoms with van der Waals surface area (Å²) in [6, 6.07) is 8.64. The third-order valence-corrected chi connectivity index (χ3v) is 5.63. The maximum Gasteiger partial charge on any atom is 0.207 e. The largest absolute Gasteiger partial charge is 0.369 e. The number of rotatable bonds is 10. The highest BCUT2D eigenvalue weighted by atomic mass is 16.1. The molecule has 0 aliphatic carbocycles. The van der Waals surface area contributed by atoms with E-state index >= 15 is 0 Å². The Morgan fingerprint density at radius 1 is 1.03 bits per heavy atom.